The van der Waals surface area contributed by atoms with Crippen molar-refractivity contribution in [1.29, 1.82) is 0 Å². The molecular weight excluding hydrogens is 331 g/mol. The SMILES string of the molecule is CC1(C)CCc2cc(-c3cc(F)c(F)cc3F)ccc2C1NC(=O)O. The van der Waals surface area contributed by atoms with Gasteiger partial charge in [0.25, 0.3) is 0 Å². The predicted molar refractivity (Wildman–Crippen MR) is 87.8 cm³/mol. The van der Waals surface area contributed by atoms with Crippen LogP contribution in [0.1, 0.15) is 37.4 Å². The zero-order valence-electron chi connectivity index (χ0n) is 13.9. The highest BCUT2D eigenvalue weighted by atomic mass is 19.2. The van der Waals surface area contributed by atoms with Crippen molar-refractivity contribution in [2.24, 2.45) is 5.41 Å². The molecular formula is C19H18F3NO2. The van der Waals surface area contributed by atoms with Crippen molar-refractivity contribution in [3.63, 3.8) is 0 Å². The number of benzene rings is 2. The molecule has 2 aromatic carbocycles. The lowest BCUT2D eigenvalue weighted by Gasteiger charge is -2.40. The molecule has 0 saturated heterocycles. The van der Waals surface area contributed by atoms with Gasteiger partial charge in [0.1, 0.15) is 5.82 Å². The van der Waals surface area contributed by atoms with Crippen LogP contribution in [0.4, 0.5) is 18.0 Å². The van der Waals surface area contributed by atoms with Crippen molar-refractivity contribution in [1.82, 2.24) is 5.32 Å². The molecule has 0 spiro atoms. The summed E-state index contributed by atoms with van der Waals surface area (Å²) in [6.45, 7) is 3.97. The molecule has 3 rings (SSSR count). The summed E-state index contributed by atoms with van der Waals surface area (Å²) in [5, 5.41) is 11.7. The molecule has 3 nitrogen and oxygen atoms in total. The number of amides is 1. The molecule has 132 valence electrons. The monoisotopic (exact) mass is 349 g/mol. The molecule has 1 atom stereocenters. The number of halogens is 3. The minimum absolute atomic E-state index is 0.0192. The van der Waals surface area contributed by atoms with Gasteiger partial charge >= 0.3 is 6.09 Å². The number of hydrogen-bond acceptors (Lipinski definition) is 1. The standard InChI is InChI=1S/C19H18F3NO2/c1-19(2)6-5-11-7-10(3-4-12(11)17(19)23-18(24)25)13-8-15(21)16(22)9-14(13)20/h3-4,7-9,17,23H,5-6H2,1-2H3,(H,24,25). The van der Waals surface area contributed by atoms with E-state index in [1.165, 1.54) is 0 Å². The number of nitrogens with one attached hydrogen (secondary N) is 1. The maximum absolute atomic E-state index is 14.0. The minimum Gasteiger partial charge on any atom is -0.465 e. The van der Waals surface area contributed by atoms with Crippen molar-refractivity contribution < 1.29 is 23.1 Å². The topological polar surface area (TPSA) is 49.3 Å². The second-order valence-corrected chi connectivity index (χ2v) is 7.03. The number of carboxylic acid groups (broad SMARTS) is 1. The average Bonchev–Trinajstić information content (AvgIpc) is 2.53. The molecule has 0 saturated carbocycles. The molecule has 1 aliphatic rings. The summed E-state index contributed by atoms with van der Waals surface area (Å²) in [4.78, 5) is 11.1. The van der Waals surface area contributed by atoms with Crippen LogP contribution in [0.25, 0.3) is 11.1 Å². The zero-order chi connectivity index (χ0) is 18.4. The number of carbonyl (C=O) groups is 1. The van der Waals surface area contributed by atoms with Crippen LogP contribution in [0.5, 0.6) is 0 Å². The molecule has 0 radical (unpaired) electrons. The van der Waals surface area contributed by atoms with Gasteiger partial charge in [0.2, 0.25) is 0 Å². The third-order valence-electron chi connectivity index (χ3n) is 4.86. The smallest absolute Gasteiger partial charge is 0.405 e. The summed E-state index contributed by atoms with van der Waals surface area (Å²) in [5.41, 5.74) is 1.85. The molecule has 2 aromatic rings. The Morgan fingerprint density at radius 2 is 1.80 bits per heavy atom. The first-order chi connectivity index (χ1) is 11.7. The molecule has 0 aromatic heterocycles. The first-order valence-corrected chi connectivity index (χ1v) is 7.96. The van der Waals surface area contributed by atoms with E-state index in [1.807, 2.05) is 13.8 Å². The second kappa shape index (κ2) is 6.10. The summed E-state index contributed by atoms with van der Waals surface area (Å²) in [7, 11) is 0. The molecule has 6 heteroatoms. The van der Waals surface area contributed by atoms with E-state index in [4.69, 9.17) is 5.11 Å². The Morgan fingerprint density at radius 1 is 1.12 bits per heavy atom. The van der Waals surface area contributed by atoms with Crippen LogP contribution in [-0.4, -0.2) is 11.2 Å². The van der Waals surface area contributed by atoms with Crippen LogP contribution >= 0.6 is 0 Å². The lowest BCUT2D eigenvalue weighted by molar-refractivity contribution is 0.161. The van der Waals surface area contributed by atoms with Crippen LogP contribution in [0.2, 0.25) is 0 Å². The van der Waals surface area contributed by atoms with Crippen LogP contribution in [0.3, 0.4) is 0 Å². The van der Waals surface area contributed by atoms with E-state index < -0.39 is 29.6 Å². The van der Waals surface area contributed by atoms with Gasteiger partial charge in [-0.1, -0.05) is 32.0 Å². The molecule has 1 unspecified atom stereocenters. The highest BCUT2D eigenvalue weighted by Crippen LogP contribution is 2.44. The normalized spacial score (nSPS) is 18.5. The molecule has 2 N–H and O–H groups in total. The van der Waals surface area contributed by atoms with Gasteiger partial charge in [0.15, 0.2) is 11.6 Å². The van der Waals surface area contributed by atoms with Crippen molar-refractivity contribution in [2.45, 2.75) is 32.7 Å². The van der Waals surface area contributed by atoms with Gasteiger partial charge in [0.05, 0.1) is 6.04 Å². The van der Waals surface area contributed by atoms with E-state index in [0.29, 0.717) is 18.1 Å². The highest BCUT2D eigenvalue weighted by Gasteiger charge is 2.37. The largest absolute Gasteiger partial charge is 0.465 e. The van der Waals surface area contributed by atoms with E-state index in [1.54, 1.807) is 18.2 Å². The zero-order valence-corrected chi connectivity index (χ0v) is 13.9. The molecule has 25 heavy (non-hydrogen) atoms. The Balaban J connectivity index is 2.06. The van der Waals surface area contributed by atoms with Gasteiger partial charge in [-0.2, -0.15) is 0 Å². The van der Waals surface area contributed by atoms with Gasteiger partial charge in [0, 0.05) is 11.6 Å². The summed E-state index contributed by atoms with van der Waals surface area (Å²) < 4.78 is 40.6. The quantitative estimate of drug-likeness (QED) is 0.745. The lowest BCUT2D eigenvalue weighted by Crippen LogP contribution is -2.40. The molecule has 0 aliphatic heterocycles. The second-order valence-electron chi connectivity index (χ2n) is 7.03. The van der Waals surface area contributed by atoms with Crippen LogP contribution < -0.4 is 5.32 Å². The van der Waals surface area contributed by atoms with E-state index >= 15 is 0 Å². The first-order valence-electron chi connectivity index (χ1n) is 7.96. The summed E-state index contributed by atoms with van der Waals surface area (Å²) in [5.74, 6) is -3.18. The number of fused-ring (bicyclic) bond motifs is 1. The Hall–Kier alpha value is -2.50. The predicted octanol–water partition coefficient (Wildman–Crippen LogP) is 5.05. The van der Waals surface area contributed by atoms with Gasteiger partial charge in [-0.25, -0.2) is 18.0 Å². The third kappa shape index (κ3) is 3.21. The number of hydrogen-bond donors (Lipinski definition) is 2. The fourth-order valence-corrected chi connectivity index (χ4v) is 3.43. The maximum atomic E-state index is 14.0. The summed E-state index contributed by atoms with van der Waals surface area (Å²) >= 11 is 0. The van der Waals surface area contributed by atoms with Crippen molar-refractivity contribution in [3.8, 4) is 11.1 Å². The maximum Gasteiger partial charge on any atom is 0.405 e. The van der Waals surface area contributed by atoms with Crippen molar-refractivity contribution >= 4 is 6.09 Å². The Morgan fingerprint density at radius 3 is 2.48 bits per heavy atom. The van der Waals surface area contributed by atoms with Crippen LogP contribution in [-0.2, 0) is 6.42 Å². The third-order valence-corrected chi connectivity index (χ3v) is 4.86. The van der Waals surface area contributed by atoms with E-state index in [0.717, 1.165) is 23.6 Å². The summed E-state index contributed by atoms with van der Waals surface area (Å²) in [6, 6.07) is 6.03. The van der Waals surface area contributed by atoms with Crippen molar-refractivity contribution in [2.75, 3.05) is 0 Å². The summed E-state index contributed by atoms with van der Waals surface area (Å²) in [6.07, 6.45) is 0.329. The fraction of sp³-hybridized carbons (Fsp3) is 0.316. The van der Waals surface area contributed by atoms with E-state index in [2.05, 4.69) is 5.32 Å². The van der Waals surface area contributed by atoms with Gasteiger partial charge < -0.3 is 10.4 Å². The van der Waals surface area contributed by atoms with Crippen LogP contribution in [0.15, 0.2) is 30.3 Å². The number of aryl methyl sites for hydroxylation is 1. The molecule has 1 aliphatic carbocycles. The van der Waals surface area contributed by atoms with E-state index in [9.17, 15) is 18.0 Å². The molecule has 0 bridgehead atoms. The molecule has 0 fully saturated rings. The lowest BCUT2D eigenvalue weighted by atomic mass is 9.70. The molecule has 0 heterocycles. The molecule has 1 amide bonds. The van der Waals surface area contributed by atoms with Gasteiger partial charge in [-0.15, -0.1) is 0 Å². The highest BCUT2D eigenvalue weighted by molar-refractivity contribution is 5.68. The van der Waals surface area contributed by atoms with Gasteiger partial charge in [-0.05, 0) is 41.0 Å². The minimum atomic E-state index is -1.23. The average molecular weight is 349 g/mol. The van der Waals surface area contributed by atoms with Crippen LogP contribution in [0, 0.1) is 22.9 Å². The first kappa shape index (κ1) is 17.3. The number of rotatable bonds is 2. The van der Waals surface area contributed by atoms with Gasteiger partial charge in [-0.3, -0.25) is 0 Å². The Kier molecular flexibility index (Phi) is 4.22. The Labute approximate surface area is 143 Å². The van der Waals surface area contributed by atoms with E-state index in [-0.39, 0.29) is 11.0 Å². The fourth-order valence-electron chi connectivity index (χ4n) is 3.43. The Bertz CT molecular complexity index is 849. The van der Waals surface area contributed by atoms with Crippen molar-refractivity contribution in [3.05, 3.63) is 58.9 Å².